The van der Waals surface area contributed by atoms with Crippen molar-refractivity contribution < 1.29 is 8.83 Å². The predicted molar refractivity (Wildman–Crippen MR) is 569 cm³/mol. The molecule has 0 N–H and O–H groups in total. The normalized spacial score (nSPS) is 14.6. The minimum atomic E-state index is 0.620. The first kappa shape index (κ1) is 87.6. The van der Waals surface area contributed by atoms with E-state index in [1.54, 1.807) is 22.3 Å². The molecule has 8 heteroatoms. The summed E-state index contributed by atoms with van der Waals surface area (Å²) in [4.78, 5) is 12.8. The smallest absolute Gasteiger partial charge is 0.134 e. The molecule has 0 unspecified atom stereocenters. The Bertz CT molecular complexity index is 7000. The number of nitrogens with zero attached hydrogens (tertiary/aromatic N) is 4. The van der Waals surface area contributed by atoms with Crippen LogP contribution in [0, 0.1) is 0 Å². The van der Waals surface area contributed by atoms with Gasteiger partial charge in [0.05, 0.1) is 26.2 Å². The van der Waals surface area contributed by atoms with Gasteiger partial charge in [-0.05, 0) is 296 Å². The Balaban J connectivity index is 0.000000108. The maximum absolute atomic E-state index is 6.19. The minimum Gasteiger partial charge on any atom is -0.459 e. The van der Waals surface area contributed by atoms with Gasteiger partial charge in [0.1, 0.15) is 22.7 Å². The fourth-order valence-electron chi connectivity index (χ4n) is 21.1. The first-order chi connectivity index (χ1) is 66.8. The zero-order valence-corrected chi connectivity index (χ0v) is 78.8. The summed E-state index contributed by atoms with van der Waals surface area (Å²) in [7, 11) is 0. The van der Waals surface area contributed by atoms with Crippen LogP contribution in [0.1, 0.15) is 174 Å². The monoisotopic (exact) mass is 1790 g/mol. The highest BCUT2D eigenvalue weighted by Gasteiger charge is 2.24. The number of fused-ring (bicyclic) bond motifs is 11. The minimum absolute atomic E-state index is 0.620. The molecule has 4 aromatic heterocycles. The average Bonchev–Trinajstić information content (AvgIpc) is 1.55. The van der Waals surface area contributed by atoms with Gasteiger partial charge < -0.3 is 28.4 Å². The van der Waals surface area contributed by atoms with E-state index in [9.17, 15) is 0 Å². The van der Waals surface area contributed by atoms with Crippen LogP contribution in [0.4, 0.5) is 0 Å². The largest absolute Gasteiger partial charge is 0.459 e. The molecule has 135 heavy (non-hydrogen) atoms. The molecule has 24 rings (SSSR count). The number of para-hydroxylation sites is 2. The van der Waals surface area contributed by atoms with E-state index in [1.165, 1.54) is 220 Å². The summed E-state index contributed by atoms with van der Waals surface area (Å²) in [5.41, 5.74) is 30.6. The third-order valence-electron chi connectivity index (χ3n) is 27.7. The predicted octanol–water partition coefficient (Wildman–Crippen LogP) is 33.0. The Hall–Kier alpha value is -14.0. The third-order valence-corrected chi connectivity index (χ3v) is 29.9. The molecule has 0 atom stereocenters. The summed E-state index contributed by atoms with van der Waals surface area (Å²) in [6, 6.07) is 136. The van der Waals surface area contributed by atoms with Gasteiger partial charge in [-0.15, -0.1) is 22.7 Å². The first-order valence-corrected chi connectivity index (χ1v) is 50.6. The molecule has 0 saturated heterocycles. The molecule has 19 aromatic rings. The molecule has 0 bridgehead atoms. The van der Waals surface area contributed by atoms with Gasteiger partial charge in [-0.1, -0.05) is 328 Å². The molecule has 5 aliphatic rings. The van der Waals surface area contributed by atoms with Crippen LogP contribution in [0.15, 0.2) is 410 Å². The topological polar surface area (TPSA) is 39.2 Å². The van der Waals surface area contributed by atoms with Crippen LogP contribution < -0.4 is 0 Å². The zero-order chi connectivity index (χ0) is 90.3. The lowest BCUT2D eigenvalue weighted by Gasteiger charge is -2.27. The molecule has 15 aromatic carbocycles. The van der Waals surface area contributed by atoms with Crippen molar-refractivity contribution in [1.82, 2.24) is 19.6 Å². The van der Waals surface area contributed by atoms with Crippen molar-refractivity contribution in [3.05, 3.63) is 511 Å². The Labute approximate surface area is 803 Å². The Morgan fingerprint density at radius 2 is 0.593 bits per heavy atom. The van der Waals surface area contributed by atoms with E-state index in [1.807, 2.05) is 71.2 Å². The molecule has 0 fully saturated rings. The van der Waals surface area contributed by atoms with Crippen LogP contribution in [0.5, 0.6) is 0 Å². The van der Waals surface area contributed by atoms with Crippen molar-refractivity contribution >= 4 is 109 Å². The number of furan rings is 2. The van der Waals surface area contributed by atoms with Crippen molar-refractivity contribution in [3.8, 4) is 0 Å². The van der Waals surface area contributed by atoms with E-state index in [4.69, 9.17) is 8.83 Å². The molecule has 0 aliphatic heterocycles. The fourth-order valence-corrected chi connectivity index (χ4v) is 23.3. The SMILES string of the molecule is C(=C(c1ccccc1)c1ccccc1)N(Cc1cc2ccccc2o1)Cc1cc2ccccc2o1.C(=C1/CCCc2ccccc21)/N(Cc1cc2ccccc2s1)Cc1cc2ccccc2s1.C(=C1/CCCc2ccccc21)/N(Cc1ccc2c(c1)CCCC2)Cc1ccc2c(c1)CCCC2.C(=C1/CCCc2ccccc21)/N(Cc1cccc2ccccc12)Cc1cccc2ccccc12. The summed E-state index contributed by atoms with van der Waals surface area (Å²) in [5.74, 6) is 1.83. The van der Waals surface area contributed by atoms with Gasteiger partial charge in [-0.25, -0.2) is 0 Å². The number of hydrogen-bond donors (Lipinski definition) is 0. The van der Waals surface area contributed by atoms with Crippen LogP contribution in [0.25, 0.3) is 85.9 Å². The summed E-state index contributed by atoms with van der Waals surface area (Å²) in [5, 5.41) is 10.2. The van der Waals surface area contributed by atoms with E-state index in [-0.39, 0.29) is 0 Å². The average molecular weight is 1790 g/mol. The van der Waals surface area contributed by atoms with Gasteiger partial charge in [0, 0.05) is 86.5 Å². The highest BCUT2D eigenvalue weighted by Crippen LogP contribution is 2.40. The molecule has 668 valence electrons. The quantitative estimate of drug-likeness (QED) is 0.0673. The standard InChI is InChI=1S/C33H29N.C33H37N.C32H25NO2.C29H25NS2/c1-4-19-31-25(10-1)13-7-16-28(31)22-34(23-29-17-8-14-26-11-2-5-20-32(26)29)24-30-18-9-15-27-12-3-6-21-33(27)30;1-3-11-30-20-25(16-18-27(30)8-1)22-34(23-26-17-19-28-9-2-4-12-31(28)21-26)24-32-14-7-13-29-10-5-6-15-33(29)32;1-3-11-24(12-4-1)30(25-13-5-2-6-14-25)23-33(21-28-19-26-15-7-9-17-31(26)34-28)22-29-20-27-16-8-10-18-32(27)35-29;1-4-13-27-21(8-1)11-7-12-24(27)18-30(19-25-16-22-9-2-5-14-28(22)31-25)20-26-17-23-10-3-6-15-29(23)32-26/h1-8,10-14,16-17,19-21,24H,9,15,18,22-23H2;5-6,10,15-21,24H,1-4,7-9,11-14,22-23H2;1-20,23H,21-22H2;1-6,8-10,13-18H,7,11-12,19-20H2/b30-24+;32-24+;;24-18+. The van der Waals surface area contributed by atoms with E-state index in [2.05, 4.69) is 372 Å². The van der Waals surface area contributed by atoms with Crippen LogP contribution in [-0.4, -0.2) is 19.6 Å². The highest BCUT2D eigenvalue weighted by atomic mass is 32.1. The van der Waals surface area contributed by atoms with Gasteiger partial charge in [0.25, 0.3) is 0 Å². The molecule has 0 spiro atoms. The number of allylic oxidation sites excluding steroid dienone is 3. The summed E-state index contributed by atoms with van der Waals surface area (Å²) < 4.78 is 15.1. The lowest BCUT2D eigenvalue weighted by molar-refractivity contribution is 0.304. The maximum Gasteiger partial charge on any atom is 0.134 e. The van der Waals surface area contributed by atoms with Gasteiger partial charge in [-0.2, -0.15) is 0 Å². The molecule has 0 amide bonds. The molecular formula is C127H116N4O2S2. The second-order valence-corrected chi connectivity index (χ2v) is 39.6. The van der Waals surface area contributed by atoms with E-state index < -0.39 is 0 Å². The first-order valence-electron chi connectivity index (χ1n) is 49.0. The number of benzene rings is 15. The molecule has 5 aliphatic carbocycles. The Kier molecular flexibility index (Phi) is 27.3. The van der Waals surface area contributed by atoms with Crippen molar-refractivity contribution in [2.24, 2.45) is 0 Å². The van der Waals surface area contributed by atoms with Crippen molar-refractivity contribution in [2.75, 3.05) is 0 Å². The molecule has 0 saturated carbocycles. The van der Waals surface area contributed by atoms with Gasteiger partial charge in [0.15, 0.2) is 0 Å². The molecule has 0 radical (unpaired) electrons. The summed E-state index contributed by atoms with van der Waals surface area (Å²) in [6.45, 7) is 6.86. The maximum atomic E-state index is 6.19. The van der Waals surface area contributed by atoms with Crippen molar-refractivity contribution in [1.29, 1.82) is 0 Å². The second-order valence-electron chi connectivity index (χ2n) is 37.3. The van der Waals surface area contributed by atoms with E-state index >= 15 is 0 Å². The van der Waals surface area contributed by atoms with Crippen LogP contribution in [0.2, 0.25) is 0 Å². The third kappa shape index (κ3) is 21.5. The van der Waals surface area contributed by atoms with E-state index in [0.29, 0.717) is 13.1 Å². The van der Waals surface area contributed by atoms with Crippen molar-refractivity contribution in [3.63, 3.8) is 0 Å². The Morgan fingerprint density at radius 1 is 0.244 bits per heavy atom. The lowest BCUT2D eigenvalue weighted by Crippen LogP contribution is -2.19. The number of rotatable bonds is 22. The Morgan fingerprint density at radius 3 is 1.02 bits per heavy atom. The molecular weight excluding hydrogens is 1680 g/mol. The fraction of sp³-hybridized carbons (Fsp3) is 0.197. The van der Waals surface area contributed by atoms with Crippen LogP contribution in [0.3, 0.4) is 0 Å². The van der Waals surface area contributed by atoms with Gasteiger partial charge in [0.2, 0.25) is 0 Å². The van der Waals surface area contributed by atoms with Crippen molar-refractivity contribution in [2.45, 2.75) is 162 Å². The van der Waals surface area contributed by atoms with Crippen LogP contribution in [-0.2, 0) is 97.3 Å². The lowest BCUT2D eigenvalue weighted by atomic mass is 9.87. The second kappa shape index (κ2) is 42.0. The van der Waals surface area contributed by atoms with Crippen LogP contribution >= 0.6 is 22.7 Å². The van der Waals surface area contributed by atoms with Gasteiger partial charge in [-0.3, -0.25) is 0 Å². The number of hydrogen-bond acceptors (Lipinski definition) is 8. The van der Waals surface area contributed by atoms with E-state index in [0.717, 1.165) is 102 Å². The highest BCUT2D eigenvalue weighted by molar-refractivity contribution is 7.19. The summed E-state index contributed by atoms with van der Waals surface area (Å²) in [6.07, 6.45) is 30.8. The molecule has 6 nitrogen and oxygen atoms in total. The number of aryl methyl sites for hydroxylation is 7. The van der Waals surface area contributed by atoms with Gasteiger partial charge >= 0.3 is 0 Å². The molecule has 4 heterocycles. The number of thiophene rings is 2. The zero-order valence-electron chi connectivity index (χ0n) is 77.2. The summed E-state index contributed by atoms with van der Waals surface area (Å²) >= 11 is 3.84.